The molecule has 8 heteroatoms. The highest BCUT2D eigenvalue weighted by atomic mass is 32.1. The zero-order valence-electron chi connectivity index (χ0n) is 17.5. The maximum Gasteiger partial charge on any atom is 0.315 e. The summed E-state index contributed by atoms with van der Waals surface area (Å²) in [7, 11) is 0. The summed E-state index contributed by atoms with van der Waals surface area (Å²) in [6.07, 6.45) is 9.36. The Hall–Kier alpha value is -1.67. The summed E-state index contributed by atoms with van der Waals surface area (Å²) in [6.45, 7) is 5.91. The molecule has 162 valence electrons. The number of hydrogen-bond acceptors (Lipinski definition) is 5. The molecule has 2 fully saturated rings. The summed E-state index contributed by atoms with van der Waals surface area (Å²) >= 11 is 1.48. The third-order valence-corrected chi connectivity index (χ3v) is 6.54. The summed E-state index contributed by atoms with van der Waals surface area (Å²) in [5.74, 6) is 0.701. The Balaban J connectivity index is 1.28. The highest BCUT2D eigenvalue weighted by Gasteiger charge is 2.18. The van der Waals surface area contributed by atoms with Gasteiger partial charge in [-0.1, -0.05) is 26.2 Å². The molecule has 2 aliphatic rings. The first kappa shape index (κ1) is 22.0. The van der Waals surface area contributed by atoms with Gasteiger partial charge in [-0.15, -0.1) is 11.3 Å². The van der Waals surface area contributed by atoms with Crippen molar-refractivity contribution >= 4 is 28.4 Å². The lowest BCUT2D eigenvalue weighted by molar-refractivity contribution is -0.116. The Labute approximate surface area is 178 Å². The van der Waals surface area contributed by atoms with Crippen LogP contribution in [0.2, 0.25) is 0 Å². The van der Waals surface area contributed by atoms with Gasteiger partial charge in [-0.2, -0.15) is 0 Å². The van der Waals surface area contributed by atoms with Gasteiger partial charge in [0.05, 0.1) is 5.69 Å². The van der Waals surface area contributed by atoms with Gasteiger partial charge in [0, 0.05) is 37.5 Å². The molecule has 1 atom stereocenters. The minimum absolute atomic E-state index is 0.0491. The first-order valence-electron chi connectivity index (χ1n) is 11.1. The molecule has 7 nitrogen and oxygen atoms in total. The average molecular weight is 422 g/mol. The molecule has 3 rings (SSSR count). The van der Waals surface area contributed by atoms with E-state index < -0.39 is 0 Å². The number of thiazole rings is 1. The van der Waals surface area contributed by atoms with Crippen molar-refractivity contribution in [1.82, 2.24) is 20.5 Å². The Morgan fingerprint density at radius 2 is 2.03 bits per heavy atom. The monoisotopic (exact) mass is 421 g/mol. The van der Waals surface area contributed by atoms with E-state index in [1.54, 1.807) is 0 Å². The zero-order chi connectivity index (χ0) is 20.5. The molecule has 0 aromatic carbocycles. The lowest BCUT2D eigenvalue weighted by Gasteiger charge is -2.30. The normalized spacial score (nSPS) is 20.9. The molecule has 1 aromatic heterocycles. The molecule has 3 amide bonds. The topological polar surface area (TPSA) is 86.4 Å². The molecule has 1 unspecified atom stereocenters. The van der Waals surface area contributed by atoms with Gasteiger partial charge in [-0.05, 0) is 44.6 Å². The quantitative estimate of drug-likeness (QED) is 0.558. The minimum Gasteiger partial charge on any atom is -0.338 e. The van der Waals surface area contributed by atoms with Crippen LogP contribution in [0.1, 0.15) is 70.4 Å². The number of anilines is 1. The fraction of sp³-hybridized carbons (Fsp3) is 0.762. The van der Waals surface area contributed by atoms with Crippen molar-refractivity contribution in [2.75, 3.05) is 25.0 Å². The number of carbonyl (C=O) groups excluding carboxylic acids is 2. The summed E-state index contributed by atoms with van der Waals surface area (Å²) in [5, 5.41) is 11.5. The van der Waals surface area contributed by atoms with E-state index >= 15 is 0 Å². The molecule has 3 N–H and O–H groups in total. The molecule has 29 heavy (non-hydrogen) atoms. The van der Waals surface area contributed by atoms with Gasteiger partial charge in [0.1, 0.15) is 0 Å². The fourth-order valence-corrected chi connectivity index (χ4v) is 4.93. The largest absolute Gasteiger partial charge is 0.338 e. The Morgan fingerprint density at radius 3 is 2.83 bits per heavy atom. The number of nitrogens with one attached hydrogen (secondary N) is 3. The third-order valence-electron chi connectivity index (χ3n) is 5.73. The second kappa shape index (κ2) is 11.5. The second-order valence-corrected chi connectivity index (χ2v) is 9.37. The van der Waals surface area contributed by atoms with Crippen LogP contribution >= 0.6 is 11.3 Å². The first-order chi connectivity index (χ1) is 14.1. The van der Waals surface area contributed by atoms with E-state index in [0.29, 0.717) is 30.6 Å². The summed E-state index contributed by atoms with van der Waals surface area (Å²) in [4.78, 5) is 31.0. The maximum atomic E-state index is 12.1. The van der Waals surface area contributed by atoms with Crippen LogP contribution in [-0.4, -0.2) is 47.5 Å². The van der Waals surface area contributed by atoms with Crippen LogP contribution in [-0.2, 0) is 11.3 Å². The minimum atomic E-state index is -0.117. The van der Waals surface area contributed by atoms with E-state index in [4.69, 9.17) is 0 Å². The van der Waals surface area contributed by atoms with Crippen LogP contribution in [0.3, 0.4) is 0 Å². The molecule has 0 spiro atoms. The number of likely N-dealkylation sites (tertiary alicyclic amines) is 1. The molecule has 1 aromatic rings. The van der Waals surface area contributed by atoms with Crippen LogP contribution in [0, 0.1) is 5.92 Å². The van der Waals surface area contributed by atoms with Crippen molar-refractivity contribution in [1.29, 1.82) is 0 Å². The van der Waals surface area contributed by atoms with E-state index in [0.717, 1.165) is 44.1 Å². The lowest BCUT2D eigenvalue weighted by atomic mass is 9.96. The molecule has 1 saturated carbocycles. The van der Waals surface area contributed by atoms with Crippen molar-refractivity contribution in [3.05, 3.63) is 11.1 Å². The zero-order valence-corrected chi connectivity index (χ0v) is 18.4. The van der Waals surface area contributed by atoms with Gasteiger partial charge in [-0.25, -0.2) is 9.78 Å². The Morgan fingerprint density at radius 1 is 1.21 bits per heavy atom. The molecule has 0 radical (unpaired) electrons. The number of rotatable bonds is 8. The van der Waals surface area contributed by atoms with E-state index in [2.05, 4.69) is 32.8 Å². The van der Waals surface area contributed by atoms with Gasteiger partial charge in [-0.3, -0.25) is 9.69 Å². The lowest BCUT2D eigenvalue weighted by Crippen LogP contribution is -2.43. The highest BCUT2D eigenvalue weighted by molar-refractivity contribution is 7.13. The van der Waals surface area contributed by atoms with Crippen LogP contribution in [0.25, 0.3) is 0 Å². The van der Waals surface area contributed by atoms with Gasteiger partial charge in [0.15, 0.2) is 5.13 Å². The second-order valence-electron chi connectivity index (χ2n) is 8.51. The average Bonchev–Trinajstić information content (AvgIpc) is 3.12. The van der Waals surface area contributed by atoms with Crippen molar-refractivity contribution in [2.24, 2.45) is 5.92 Å². The predicted molar refractivity (Wildman–Crippen MR) is 117 cm³/mol. The summed E-state index contributed by atoms with van der Waals surface area (Å²) in [5.41, 5.74) is 1.03. The fourth-order valence-electron chi connectivity index (χ4n) is 4.21. The molecular weight excluding hydrogens is 386 g/mol. The van der Waals surface area contributed by atoms with Crippen LogP contribution < -0.4 is 16.0 Å². The van der Waals surface area contributed by atoms with Gasteiger partial charge >= 0.3 is 6.03 Å². The number of amides is 3. The highest BCUT2D eigenvalue weighted by Crippen LogP contribution is 2.21. The first-order valence-corrected chi connectivity index (χ1v) is 12.0. The Kier molecular flexibility index (Phi) is 8.73. The van der Waals surface area contributed by atoms with E-state index in [9.17, 15) is 9.59 Å². The molecule has 0 bridgehead atoms. The van der Waals surface area contributed by atoms with Crippen LogP contribution in [0.5, 0.6) is 0 Å². The number of urea groups is 1. The molecule has 1 aliphatic carbocycles. The van der Waals surface area contributed by atoms with Crippen LogP contribution in [0.15, 0.2) is 5.38 Å². The number of carbonyl (C=O) groups is 2. The number of piperidine rings is 1. The summed E-state index contributed by atoms with van der Waals surface area (Å²) in [6, 6.07) is 0.188. The van der Waals surface area contributed by atoms with Crippen molar-refractivity contribution in [3.63, 3.8) is 0 Å². The maximum absolute atomic E-state index is 12.1. The standard InChI is InChI=1S/C21H35N5O2S/c1-16-7-6-12-26(13-16)14-18-15-29-21(24-18)25-19(27)10-5-11-22-20(28)23-17-8-3-2-4-9-17/h15-17H,2-14H2,1H3,(H2,22,23,28)(H,24,25,27). The molecule has 1 saturated heterocycles. The number of aromatic nitrogens is 1. The van der Waals surface area contributed by atoms with Gasteiger partial charge < -0.3 is 16.0 Å². The molecule has 2 heterocycles. The third kappa shape index (κ3) is 7.93. The van der Waals surface area contributed by atoms with E-state index in [1.807, 2.05) is 5.38 Å². The molecule has 1 aliphatic heterocycles. The van der Waals surface area contributed by atoms with Gasteiger partial charge in [0.25, 0.3) is 0 Å². The number of nitrogens with zero attached hydrogens (tertiary/aromatic N) is 2. The van der Waals surface area contributed by atoms with E-state index in [1.165, 1.54) is 43.4 Å². The van der Waals surface area contributed by atoms with E-state index in [-0.39, 0.29) is 11.9 Å². The van der Waals surface area contributed by atoms with Crippen LogP contribution in [0.4, 0.5) is 9.93 Å². The number of hydrogen-bond donors (Lipinski definition) is 3. The SMILES string of the molecule is CC1CCCN(Cc2csc(NC(=O)CCCNC(=O)NC3CCCCC3)n2)C1. The smallest absolute Gasteiger partial charge is 0.315 e. The molecular formula is C21H35N5O2S. The summed E-state index contributed by atoms with van der Waals surface area (Å²) < 4.78 is 0. The Bertz CT molecular complexity index is 659. The van der Waals surface area contributed by atoms with Crippen molar-refractivity contribution < 1.29 is 9.59 Å². The predicted octanol–water partition coefficient (Wildman–Crippen LogP) is 3.73. The van der Waals surface area contributed by atoms with Crippen molar-refractivity contribution in [2.45, 2.75) is 77.3 Å². The van der Waals surface area contributed by atoms with Gasteiger partial charge in [0.2, 0.25) is 5.91 Å². The van der Waals surface area contributed by atoms with Crippen molar-refractivity contribution in [3.8, 4) is 0 Å².